The zero-order valence-corrected chi connectivity index (χ0v) is 11.4. The van der Waals surface area contributed by atoms with Gasteiger partial charge in [0, 0.05) is 13.1 Å². The van der Waals surface area contributed by atoms with Crippen molar-refractivity contribution in [3.63, 3.8) is 0 Å². The van der Waals surface area contributed by atoms with Gasteiger partial charge in [-0.15, -0.1) is 0 Å². The van der Waals surface area contributed by atoms with E-state index in [0.29, 0.717) is 6.54 Å². The fourth-order valence-electron chi connectivity index (χ4n) is 1.88. The number of hydrogen-bond donors (Lipinski definition) is 1. The zero-order valence-electron chi connectivity index (χ0n) is 11.4. The Bertz CT molecular complexity index is 528. The number of rotatable bonds is 5. The molecule has 0 amide bonds. The van der Waals surface area contributed by atoms with Gasteiger partial charge in [0.25, 0.3) is 0 Å². The van der Waals surface area contributed by atoms with E-state index < -0.39 is 0 Å². The molecule has 1 N–H and O–H groups in total. The maximum Gasteiger partial charge on any atom is 0.147 e. The first-order chi connectivity index (χ1) is 9.20. The molecule has 2 rings (SSSR count). The second-order valence-corrected chi connectivity index (χ2v) is 4.53. The average molecular weight is 257 g/mol. The van der Waals surface area contributed by atoms with Gasteiger partial charge in [0.05, 0.1) is 24.2 Å². The van der Waals surface area contributed by atoms with Crippen LogP contribution < -0.4 is 4.90 Å². The molecular formula is C15H19N3O. The number of aliphatic hydroxyl groups is 1. The van der Waals surface area contributed by atoms with E-state index in [4.69, 9.17) is 0 Å². The number of aliphatic hydroxyl groups excluding tert-OH is 1. The third-order valence-electron chi connectivity index (χ3n) is 3.09. The Balaban J connectivity index is 2.21. The Labute approximate surface area is 113 Å². The van der Waals surface area contributed by atoms with Gasteiger partial charge in [0.1, 0.15) is 5.82 Å². The molecule has 0 fully saturated rings. The number of benzene rings is 1. The molecule has 19 heavy (non-hydrogen) atoms. The summed E-state index contributed by atoms with van der Waals surface area (Å²) in [5.74, 6) is 0.806. The summed E-state index contributed by atoms with van der Waals surface area (Å²) in [6.45, 7) is 5.26. The van der Waals surface area contributed by atoms with Gasteiger partial charge in [-0.1, -0.05) is 30.3 Å². The predicted octanol–water partition coefficient (Wildman–Crippen LogP) is 2.09. The largest absolute Gasteiger partial charge is 0.395 e. The van der Waals surface area contributed by atoms with Crippen LogP contribution in [0.2, 0.25) is 0 Å². The van der Waals surface area contributed by atoms with Crippen molar-refractivity contribution < 1.29 is 5.11 Å². The van der Waals surface area contributed by atoms with Crippen LogP contribution in [0.25, 0.3) is 0 Å². The van der Waals surface area contributed by atoms with Crippen molar-refractivity contribution in [1.82, 2.24) is 9.97 Å². The lowest BCUT2D eigenvalue weighted by atomic mass is 10.2. The first-order valence-corrected chi connectivity index (χ1v) is 6.40. The molecule has 0 spiro atoms. The van der Waals surface area contributed by atoms with E-state index in [1.54, 1.807) is 6.20 Å². The van der Waals surface area contributed by atoms with Crippen LogP contribution in [-0.4, -0.2) is 28.2 Å². The quantitative estimate of drug-likeness (QED) is 0.891. The van der Waals surface area contributed by atoms with Gasteiger partial charge >= 0.3 is 0 Å². The Morgan fingerprint density at radius 3 is 2.47 bits per heavy atom. The zero-order chi connectivity index (χ0) is 13.7. The first kappa shape index (κ1) is 13.5. The maximum absolute atomic E-state index is 9.21. The van der Waals surface area contributed by atoms with Crippen LogP contribution in [0.4, 0.5) is 5.82 Å². The van der Waals surface area contributed by atoms with Crippen LogP contribution in [0.3, 0.4) is 0 Å². The SMILES string of the molecule is Cc1ncc(N(CCO)Cc2ccccc2)nc1C. The second-order valence-electron chi connectivity index (χ2n) is 4.53. The molecule has 0 unspecified atom stereocenters. The Kier molecular flexibility index (Phi) is 4.47. The van der Waals surface area contributed by atoms with Crippen LogP contribution in [0.5, 0.6) is 0 Å². The summed E-state index contributed by atoms with van der Waals surface area (Å²) in [4.78, 5) is 10.9. The van der Waals surface area contributed by atoms with E-state index in [-0.39, 0.29) is 6.61 Å². The summed E-state index contributed by atoms with van der Waals surface area (Å²) in [7, 11) is 0. The molecule has 1 aromatic heterocycles. The highest BCUT2D eigenvalue weighted by molar-refractivity contribution is 5.39. The Morgan fingerprint density at radius 2 is 1.84 bits per heavy atom. The van der Waals surface area contributed by atoms with Crippen LogP contribution in [0.15, 0.2) is 36.5 Å². The molecule has 0 bridgehead atoms. The summed E-state index contributed by atoms with van der Waals surface area (Å²) < 4.78 is 0. The third-order valence-corrected chi connectivity index (χ3v) is 3.09. The smallest absolute Gasteiger partial charge is 0.147 e. The molecule has 0 aliphatic heterocycles. The molecule has 2 aromatic rings. The number of nitrogens with zero attached hydrogens (tertiary/aromatic N) is 3. The van der Waals surface area contributed by atoms with E-state index in [9.17, 15) is 5.11 Å². The second kappa shape index (κ2) is 6.29. The highest BCUT2D eigenvalue weighted by Crippen LogP contribution is 2.15. The van der Waals surface area contributed by atoms with E-state index in [2.05, 4.69) is 22.1 Å². The van der Waals surface area contributed by atoms with E-state index in [0.717, 1.165) is 23.8 Å². The summed E-state index contributed by atoms with van der Waals surface area (Å²) in [6, 6.07) is 10.2. The lowest BCUT2D eigenvalue weighted by molar-refractivity contribution is 0.301. The molecule has 0 saturated carbocycles. The molecule has 4 nitrogen and oxygen atoms in total. The van der Waals surface area contributed by atoms with E-state index in [1.165, 1.54) is 5.56 Å². The van der Waals surface area contributed by atoms with Gasteiger partial charge in [-0.2, -0.15) is 0 Å². The summed E-state index contributed by atoms with van der Waals surface area (Å²) in [5, 5.41) is 9.21. The lowest BCUT2D eigenvalue weighted by Crippen LogP contribution is -2.27. The van der Waals surface area contributed by atoms with Gasteiger partial charge < -0.3 is 10.0 Å². The fraction of sp³-hybridized carbons (Fsp3) is 0.333. The van der Waals surface area contributed by atoms with Crippen molar-refractivity contribution in [2.24, 2.45) is 0 Å². The monoisotopic (exact) mass is 257 g/mol. The van der Waals surface area contributed by atoms with Gasteiger partial charge in [0.15, 0.2) is 0 Å². The molecule has 0 aliphatic carbocycles. The molecular weight excluding hydrogens is 238 g/mol. The first-order valence-electron chi connectivity index (χ1n) is 6.40. The number of aromatic nitrogens is 2. The minimum Gasteiger partial charge on any atom is -0.395 e. The summed E-state index contributed by atoms with van der Waals surface area (Å²) in [6.07, 6.45) is 1.76. The summed E-state index contributed by atoms with van der Waals surface area (Å²) in [5.41, 5.74) is 3.05. The minimum absolute atomic E-state index is 0.0986. The molecule has 1 aromatic carbocycles. The topological polar surface area (TPSA) is 49.2 Å². The summed E-state index contributed by atoms with van der Waals surface area (Å²) >= 11 is 0. The third kappa shape index (κ3) is 3.51. The van der Waals surface area contributed by atoms with Gasteiger partial charge in [-0.05, 0) is 19.4 Å². The number of hydrogen-bond acceptors (Lipinski definition) is 4. The molecule has 4 heteroatoms. The van der Waals surface area contributed by atoms with Crippen LogP contribution in [0.1, 0.15) is 17.0 Å². The predicted molar refractivity (Wildman–Crippen MR) is 76.1 cm³/mol. The van der Waals surface area contributed by atoms with E-state index in [1.807, 2.05) is 36.9 Å². The van der Waals surface area contributed by atoms with Crippen molar-refractivity contribution in [3.8, 4) is 0 Å². The van der Waals surface area contributed by atoms with Crippen LogP contribution >= 0.6 is 0 Å². The number of aryl methyl sites for hydroxylation is 2. The van der Waals surface area contributed by atoms with Crippen molar-refractivity contribution in [1.29, 1.82) is 0 Å². The van der Waals surface area contributed by atoms with Crippen LogP contribution in [-0.2, 0) is 6.54 Å². The standard InChI is InChI=1S/C15H19N3O/c1-12-13(2)17-15(10-16-12)18(8-9-19)11-14-6-4-3-5-7-14/h3-7,10,19H,8-9,11H2,1-2H3. The van der Waals surface area contributed by atoms with Gasteiger partial charge in [0.2, 0.25) is 0 Å². The maximum atomic E-state index is 9.21. The molecule has 0 radical (unpaired) electrons. The lowest BCUT2D eigenvalue weighted by Gasteiger charge is -2.23. The molecule has 0 atom stereocenters. The average Bonchev–Trinajstić information content (AvgIpc) is 2.43. The molecule has 100 valence electrons. The van der Waals surface area contributed by atoms with E-state index >= 15 is 0 Å². The van der Waals surface area contributed by atoms with Crippen molar-refractivity contribution in [2.75, 3.05) is 18.1 Å². The molecule has 0 saturated heterocycles. The highest BCUT2D eigenvalue weighted by Gasteiger charge is 2.09. The van der Waals surface area contributed by atoms with Gasteiger partial charge in [-0.25, -0.2) is 4.98 Å². The van der Waals surface area contributed by atoms with Crippen molar-refractivity contribution in [2.45, 2.75) is 20.4 Å². The molecule has 0 aliphatic rings. The normalized spacial score (nSPS) is 10.5. The van der Waals surface area contributed by atoms with Crippen molar-refractivity contribution in [3.05, 3.63) is 53.5 Å². The number of anilines is 1. The van der Waals surface area contributed by atoms with Crippen molar-refractivity contribution >= 4 is 5.82 Å². The minimum atomic E-state index is 0.0986. The Hall–Kier alpha value is -1.94. The fourth-order valence-corrected chi connectivity index (χ4v) is 1.88. The van der Waals surface area contributed by atoms with Crippen LogP contribution in [0, 0.1) is 13.8 Å². The Morgan fingerprint density at radius 1 is 1.11 bits per heavy atom. The molecule has 1 heterocycles. The highest BCUT2D eigenvalue weighted by atomic mass is 16.3. The van der Waals surface area contributed by atoms with Gasteiger partial charge in [-0.3, -0.25) is 4.98 Å².